The van der Waals surface area contributed by atoms with Gasteiger partial charge in [-0.05, 0) is 30.0 Å². The zero-order valence-corrected chi connectivity index (χ0v) is 7.73. The lowest BCUT2D eigenvalue weighted by Crippen LogP contribution is -1.96. The number of anilines is 1. The fraction of sp³-hybridized carbons (Fsp3) is 0.222. The molecule has 70 valence electrons. The molecule has 1 rings (SSSR count). The Morgan fingerprint density at radius 2 is 2.50 bits per heavy atom. The van der Waals surface area contributed by atoms with Crippen LogP contribution in [0.4, 0.5) is 5.69 Å². The van der Waals surface area contributed by atoms with Crippen molar-refractivity contribution in [3.63, 3.8) is 0 Å². The Morgan fingerprint density at radius 3 is 3.21 bits per heavy atom. The number of nitrogen functional groups attached to an aromatic ring is 1. The number of hydrogen-bond acceptors (Lipinski definition) is 3. The largest absolute Gasteiger partial charge is 0.396 e. The molecule has 0 aliphatic heterocycles. The van der Waals surface area contributed by atoms with Gasteiger partial charge >= 0.3 is 0 Å². The van der Waals surface area contributed by atoms with Gasteiger partial charge in [-0.25, -0.2) is 4.98 Å². The van der Waals surface area contributed by atoms with Crippen LogP contribution in [0, 0.1) is 18.8 Å². The lowest BCUT2D eigenvalue weighted by Gasteiger charge is -1.99. The fourth-order valence-electron chi connectivity index (χ4n) is 0.860. The predicted molar refractivity (Wildman–Crippen MR) is 54.3 cm³/mol. The number of nitrogens with two attached hydrogens (primary N) is 1. The summed E-state index contributed by atoms with van der Waals surface area (Å²) in [7, 11) is 0. The number of aryl methyl sites for hydroxylation is 1. The average Bonchev–Trinajstić information content (AvgIpc) is 2.19. The second-order valence-corrected chi connectivity index (χ2v) is 2.58. The second kappa shape index (κ2) is 4.75. The first-order valence-electron chi connectivity index (χ1n) is 3.96. The Kier molecular flexibility index (Phi) is 3.36. The summed E-state index contributed by atoms with van der Waals surface area (Å²) in [4.78, 5) is 6.58. The van der Waals surface area contributed by atoms with Crippen LogP contribution in [0.2, 0.25) is 0 Å². The average molecular weight is 187 g/mol. The van der Waals surface area contributed by atoms with Crippen molar-refractivity contribution in [1.29, 1.82) is 0 Å². The third-order valence-corrected chi connectivity index (χ3v) is 1.63. The molecule has 5 heteroatoms. The Hall–Kier alpha value is -2.18. The molecule has 1 aromatic rings. The summed E-state index contributed by atoms with van der Waals surface area (Å²) in [5, 5.41) is 3.28. The molecular weight excluding hydrogens is 178 g/mol. The highest BCUT2D eigenvalue weighted by Gasteiger charge is 1.98. The molecule has 0 aliphatic carbocycles. The van der Waals surface area contributed by atoms with Gasteiger partial charge in [0.1, 0.15) is 5.69 Å². The van der Waals surface area contributed by atoms with Crippen LogP contribution in [0.25, 0.3) is 10.4 Å². The van der Waals surface area contributed by atoms with Gasteiger partial charge in [-0.15, -0.1) is 0 Å². The SMILES string of the molecule is Cc1ccnc(C#CCN=[N+]=[N-])c1N. The van der Waals surface area contributed by atoms with Crippen molar-refractivity contribution >= 4 is 5.69 Å². The summed E-state index contributed by atoms with van der Waals surface area (Å²) in [6, 6.07) is 1.81. The van der Waals surface area contributed by atoms with Crippen LogP contribution in [0.15, 0.2) is 17.4 Å². The molecule has 0 unspecified atom stereocenters. The number of hydrogen-bond donors (Lipinski definition) is 1. The summed E-state index contributed by atoms with van der Waals surface area (Å²) < 4.78 is 0. The molecule has 1 aromatic heterocycles. The van der Waals surface area contributed by atoms with E-state index < -0.39 is 0 Å². The van der Waals surface area contributed by atoms with Crippen LogP contribution in [0.5, 0.6) is 0 Å². The van der Waals surface area contributed by atoms with Gasteiger partial charge < -0.3 is 5.73 Å². The first-order valence-corrected chi connectivity index (χ1v) is 3.96. The Labute approximate surface area is 81.6 Å². The van der Waals surface area contributed by atoms with E-state index in [2.05, 4.69) is 26.9 Å². The molecule has 0 aromatic carbocycles. The highest BCUT2D eigenvalue weighted by atomic mass is 15.1. The lowest BCUT2D eigenvalue weighted by molar-refractivity contribution is 1.23. The smallest absolute Gasteiger partial charge is 0.136 e. The van der Waals surface area contributed by atoms with E-state index in [1.165, 1.54) is 0 Å². The molecule has 0 fully saturated rings. The van der Waals surface area contributed by atoms with Gasteiger partial charge in [0.2, 0.25) is 0 Å². The Bertz CT molecular complexity index is 434. The van der Waals surface area contributed by atoms with Crippen molar-refractivity contribution < 1.29 is 0 Å². The number of rotatable bonds is 1. The minimum absolute atomic E-state index is 0.131. The summed E-state index contributed by atoms with van der Waals surface area (Å²) in [6.45, 7) is 2.02. The van der Waals surface area contributed by atoms with Crippen LogP contribution >= 0.6 is 0 Å². The van der Waals surface area contributed by atoms with E-state index in [0.717, 1.165) is 5.56 Å². The molecular formula is C9H9N5. The monoisotopic (exact) mass is 187 g/mol. The van der Waals surface area contributed by atoms with Crippen molar-refractivity contribution in [3.8, 4) is 11.8 Å². The summed E-state index contributed by atoms with van der Waals surface area (Å²) >= 11 is 0. The third kappa shape index (κ3) is 2.41. The van der Waals surface area contributed by atoms with E-state index in [4.69, 9.17) is 11.3 Å². The maximum atomic E-state index is 8.01. The molecule has 0 radical (unpaired) electrons. The van der Waals surface area contributed by atoms with Gasteiger partial charge in [-0.3, -0.25) is 0 Å². The van der Waals surface area contributed by atoms with Gasteiger partial charge in [-0.1, -0.05) is 11.0 Å². The lowest BCUT2D eigenvalue weighted by atomic mass is 10.2. The van der Waals surface area contributed by atoms with Crippen molar-refractivity contribution in [2.24, 2.45) is 5.11 Å². The van der Waals surface area contributed by atoms with Gasteiger partial charge in [0.25, 0.3) is 0 Å². The quantitative estimate of drug-likeness (QED) is 0.313. The Morgan fingerprint density at radius 1 is 1.71 bits per heavy atom. The third-order valence-electron chi connectivity index (χ3n) is 1.63. The molecule has 14 heavy (non-hydrogen) atoms. The van der Waals surface area contributed by atoms with Crippen LogP contribution < -0.4 is 5.73 Å². The highest BCUT2D eigenvalue weighted by molar-refractivity contribution is 5.56. The number of pyridine rings is 1. The van der Waals surface area contributed by atoms with Gasteiger partial charge in [0.05, 0.1) is 12.2 Å². The van der Waals surface area contributed by atoms with Crippen LogP contribution in [0.3, 0.4) is 0 Å². The van der Waals surface area contributed by atoms with E-state index >= 15 is 0 Å². The minimum atomic E-state index is 0.131. The Balaban J connectivity index is 2.89. The molecule has 0 saturated carbocycles. The molecule has 1 heterocycles. The van der Waals surface area contributed by atoms with E-state index in [1.807, 2.05) is 13.0 Å². The molecule has 2 N–H and O–H groups in total. The molecule has 0 aliphatic rings. The van der Waals surface area contributed by atoms with Crippen molar-refractivity contribution in [2.45, 2.75) is 6.92 Å². The second-order valence-electron chi connectivity index (χ2n) is 2.58. The zero-order valence-electron chi connectivity index (χ0n) is 7.73. The van der Waals surface area contributed by atoms with E-state index in [0.29, 0.717) is 11.4 Å². The fourth-order valence-corrected chi connectivity index (χ4v) is 0.860. The number of nitrogens with zero attached hydrogens (tertiary/aromatic N) is 4. The molecule has 5 nitrogen and oxygen atoms in total. The van der Waals surface area contributed by atoms with Crippen molar-refractivity contribution in [1.82, 2.24) is 4.98 Å². The molecule has 0 bridgehead atoms. The first-order chi connectivity index (χ1) is 6.75. The number of aromatic nitrogens is 1. The standard InChI is InChI=1S/C9H9N5/c1-7-4-6-12-8(9(7)10)3-2-5-13-14-11/h4,6H,5,10H2,1H3. The van der Waals surface area contributed by atoms with Crippen molar-refractivity contribution in [2.75, 3.05) is 12.3 Å². The summed E-state index contributed by atoms with van der Waals surface area (Å²) in [5.41, 5.74) is 15.8. The molecule has 0 spiro atoms. The summed E-state index contributed by atoms with van der Waals surface area (Å²) in [6.07, 6.45) is 1.64. The minimum Gasteiger partial charge on any atom is -0.396 e. The predicted octanol–water partition coefficient (Wildman–Crippen LogP) is 1.63. The molecule has 0 amide bonds. The van der Waals surface area contributed by atoms with Crippen LogP contribution in [-0.4, -0.2) is 11.5 Å². The van der Waals surface area contributed by atoms with E-state index in [1.54, 1.807) is 6.20 Å². The van der Waals surface area contributed by atoms with E-state index in [-0.39, 0.29) is 6.54 Å². The topological polar surface area (TPSA) is 87.7 Å². The van der Waals surface area contributed by atoms with Crippen LogP contribution in [0.1, 0.15) is 11.3 Å². The maximum Gasteiger partial charge on any atom is 0.136 e. The maximum absolute atomic E-state index is 8.01. The van der Waals surface area contributed by atoms with E-state index in [9.17, 15) is 0 Å². The van der Waals surface area contributed by atoms with Gasteiger partial charge in [0, 0.05) is 11.1 Å². The highest BCUT2D eigenvalue weighted by Crippen LogP contribution is 2.11. The normalized spacial score (nSPS) is 8.36. The van der Waals surface area contributed by atoms with Gasteiger partial charge in [-0.2, -0.15) is 0 Å². The first kappa shape index (κ1) is 9.90. The molecule has 0 saturated heterocycles. The summed E-state index contributed by atoms with van der Waals surface area (Å²) in [5.74, 6) is 5.40. The molecule has 0 atom stereocenters. The van der Waals surface area contributed by atoms with Gasteiger partial charge in [0.15, 0.2) is 0 Å². The number of azide groups is 1. The zero-order chi connectivity index (χ0) is 10.4. The van der Waals surface area contributed by atoms with Crippen LogP contribution in [-0.2, 0) is 0 Å². The van der Waals surface area contributed by atoms with Crippen molar-refractivity contribution in [3.05, 3.63) is 34.0 Å².